The smallest absolute Gasteiger partial charge is 0.265 e. The molecule has 1 rings (SSSR count). The molecule has 5 nitrogen and oxygen atoms in total. The molecule has 120 valence electrons. The maximum absolute atomic E-state index is 12.7. The standard InChI is InChI=1S/C15H28N4OS/c1-6-18(7-2)8-9-19(10-11(3)4)14(20)13-12(5)17-15(16)21-13/h11H,6-10H2,1-5H3,(H2,16,17). The van der Waals surface area contributed by atoms with E-state index in [0.717, 1.165) is 38.4 Å². The summed E-state index contributed by atoms with van der Waals surface area (Å²) in [4.78, 5) is 21.8. The number of hydrogen-bond acceptors (Lipinski definition) is 5. The van der Waals surface area contributed by atoms with Gasteiger partial charge in [-0.25, -0.2) is 4.98 Å². The van der Waals surface area contributed by atoms with Gasteiger partial charge >= 0.3 is 0 Å². The fourth-order valence-electron chi connectivity index (χ4n) is 2.28. The molecule has 0 fully saturated rings. The Bertz CT molecular complexity index is 455. The maximum atomic E-state index is 12.7. The van der Waals surface area contributed by atoms with Crippen LogP contribution in [0.3, 0.4) is 0 Å². The number of rotatable bonds is 8. The minimum absolute atomic E-state index is 0.0579. The molecule has 1 amide bonds. The Balaban J connectivity index is 2.81. The van der Waals surface area contributed by atoms with Crippen LogP contribution in [0.4, 0.5) is 5.13 Å². The summed E-state index contributed by atoms with van der Waals surface area (Å²) in [7, 11) is 0. The highest BCUT2D eigenvalue weighted by Crippen LogP contribution is 2.22. The van der Waals surface area contributed by atoms with E-state index in [9.17, 15) is 4.79 Å². The van der Waals surface area contributed by atoms with Gasteiger partial charge < -0.3 is 15.5 Å². The van der Waals surface area contributed by atoms with E-state index in [0.29, 0.717) is 15.9 Å². The number of amides is 1. The minimum atomic E-state index is 0.0579. The molecule has 6 heteroatoms. The van der Waals surface area contributed by atoms with E-state index in [2.05, 4.69) is 37.6 Å². The third kappa shape index (κ3) is 5.28. The van der Waals surface area contributed by atoms with Crippen LogP contribution in [-0.2, 0) is 0 Å². The van der Waals surface area contributed by atoms with Crippen molar-refractivity contribution in [3.8, 4) is 0 Å². The number of carbonyl (C=O) groups is 1. The van der Waals surface area contributed by atoms with Gasteiger partial charge in [-0.3, -0.25) is 4.79 Å². The van der Waals surface area contributed by atoms with Crippen LogP contribution in [0.1, 0.15) is 43.1 Å². The summed E-state index contributed by atoms with van der Waals surface area (Å²) in [5.74, 6) is 0.499. The van der Waals surface area contributed by atoms with Gasteiger partial charge in [-0.15, -0.1) is 0 Å². The second-order valence-electron chi connectivity index (χ2n) is 5.64. The van der Waals surface area contributed by atoms with Gasteiger partial charge in [0.25, 0.3) is 5.91 Å². The van der Waals surface area contributed by atoms with E-state index >= 15 is 0 Å². The average molecular weight is 312 g/mol. The number of carbonyl (C=O) groups excluding carboxylic acids is 1. The number of nitrogens with two attached hydrogens (primary N) is 1. The zero-order chi connectivity index (χ0) is 16.0. The van der Waals surface area contributed by atoms with Crippen LogP contribution in [0, 0.1) is 12.8 Å². The highest BCUT2D eigenvalue weighted by atomic mass is 32.1. The molecule has 0 aliphatic heterocycles. The molecule has 1 heterocycles. The fraction of sp³-hybridized carbons (Fsp3) is 0.733. The van der Waals surface area contributed by atoms with Crippen molar-refractivity contribution in [2.24, 2.45) is 5.92 Å². The molecule has 0 saturated heterocycles. The summed E-state index contributed by atoms with van der Waals surface area (Å²) in [6.45, 7) is 14.8. The monoisotopic (exact) mass is 312 g/mol. The van der Waals surface area contributed by atoms with Crippen LogP contribution in [-0.4, -0.2) is 53.4 Å². The second kappa shape index (κ2) is 8.34. The molecule has 0 aliphatic rings. The van der Waals surface area contributed by atoms with Crippen molar-refractivity contribution in [3.05, 3.63) is 10.6 Å². The molecular weight excluding hydrogens is 284 g/mol. The van der Waals surface area contributed by atoms with Gasteiger partial charge in [-0.2, -0.15) is 0 Å². The normalized spacial score (nSPS) is 11.4. The van der Waals surface area contributed by atoms with Crippen molar-refractivity contribution in [1.82, 2.24) is 14.8 Å². The van der Waals surface area contributed by atoms with Crippen molar-refractivity contribution in [3.63, 3.8) is 0 Å². The molecule has 1 aromatic heterocycles. The van der Waals surface area contributed by atoms with Gasteiger partial charge in [0, 0.05) is 19.6 Å². The molecule has 0 bridgehead atoms. The number of likely N-dealkylation sites (N-methyl/N-ethyl adjacent to an activating group) is 1. The Morgan fingerprint density at radius 2 is 1.90 bits per heavy atom. The zero-order valence-corrected chi connectivity index (χ0v) is 14.7. The number of hydrogen-bond donors (Lipinski definition) is 1. The van der Waals surface area contributed by atoms with Gasteiger partial charge in [0.1, 0.15) is 4.88 Å². The van der Waals surface area contributed by atoms with Crippen LogP contribution < -0.4 is 5.73 Å². The highest BCUT2D eigenvalue weighted by molar-refractivity contribution is 7.17. The van der Waals surface area contributed by atoms with Crippen molar-refractivity contribution in [1.29, 1.82) is 0 Å². The Morgan fingerprint density at radius 3 is 2.33 bits per heavy atom. The summed E-state index contributed by atoms with van der Waals surface area (Å²) < 4.78 is 0. The summed E-state index contributed by atoms with van der Waals surface area (Å²) >= 11 is 1.29. The minimum Gasteiger partial charge on any atom is -0.375 e. The number of anilines is 1. The van der Waals surface area contributed by atoms with Crippen LogP contribution >= 0.6 is 11.3 Å². The first kappa shape index (κ1) is 17.9. The van der Waals surface area contributed by atoms with Crippen molar-refractivity contribution in [2.45, 2.75) is 34.6 Å². The number of aromatic nitrogens is 1. The second-order valence-corrected chi connectivity index (χ2v) is 6.67. The van der Waals surface area contributed by atoms with E-state index in [1.165, 1.54) is 11.3 Å². The number of nitrogen functional groups attached to an aromatic ring is 1. The molecule has 0 atom stereocenters. The van der Waals surface area contributed by atoms with Gasteiger partial charge in [-0.1, -0.05) is 39.0 Å². The Labute approximate surface area is 132 Å². The Kier molecular flexibility index (Phi) is 7.11. The molecule has 21 heavy (non-hydrogen) atoms. The molecule has 0 aliphatic carbocycles. The quantitative estimate of drug-likeness (QED) is 0.801. The van der Waals surface area contributed by atoms with Crippen LogP contribution in [0.25, 0.3) is 0 Å². The lowest BCUT2D eigenvalue weighted by atomic mass is 10.2. The molecular formula is C15H28N4OS. The van der Waals surface area contributed by atoms with E-state index < -0.39 is 0 Å². The van der Waals surface area contributed by atoms with Crippen LogP contribution in [0.2, 0.25) is 0 Å². The first-order valence-corrected chi connectivity index (χ1v) is 8.45. The lowest BCUT2D eigenvalue weighted by Crippen LogP contribution is -2.40. The average Bonchev–Trinajstić information content (AvgIpc) is 2.76. The van der Waals surface area contributed by atoms with Gasteiger partial charge in [0.05, 0.1) is 5.69 Å². The Hall–Kier alpha value is -1.14. The van der Waals surface area contributed by atoms with Gasteiger partial charge in [0.2, 0.25) is 0 Å². The van der Waals surface area contributed by atoms with Crippen molar-refractivity contribution in [2.75, 3.05) is 38.5 Å². The first-order valence-electron chi connectivity index (χ1n) is 7.63. The predicted molar refractivity (Wildman–Crippen MR) is 89.8 cm³/mol. The topological polar surface area (TPSA) is 62.5 Å². The Morgan fingerprint density at radius 1 is 1.29 bits per heavy atom. The number of aryl methyl sites for hydroxylation is 1. The van der Waals surface area contributed by atoms with Crippen LogP contribution in [0.15, 0.2) is 0 Å². The van der Waals surface area contributed by atoms with E-state index in [1.54, 1.807) is 0 Å². The zero-order valence-electron chi connectivity index (χ0n) is 13.8. The van der Waals surface area contributed by atoms with E-state index in [4.69, 9.17) is 5.73 Å². The maximum Gasteiger partial charge on any atom is 0.265 e. The summed E-state index contributed by atoms with van der Waals surface area (Å²) in [6, 6.07) is 0. The molecule has 0 saturated carbocycles. The summed E-state index contributed by atoms with van der Waals surface area (Å²) in [5, 5.41) is 0.462. The summed E-state index contributed by atoms with van der Waals surface area (Å²) in [5.41, 5.74) is 6.45. The molecule has 0 aromatic carbocycles. The molecule has 2 N–H and O–H groups in total. The van der Waals surface area contributed by atoms with Gasteiger partial charge in [0.15, 0.2) is 5.13 Å². The predicted octanol–water partition coefficient (Wildman–Crippen LogP) is 2.47. The lowest BCUT2D eigenvalue weighted by Gasteiger charge is -2.27. The number of thiazole rings is 1. The summed E-state index contributed by atoms with van der Waals surface area (Å²) in [6.07, 6.45) is 0. The number of nitrogens with zero attached hydrogens (tertiary/aromatic N) is 3. The molecule has 0 spiro atoms. The fourth-order valence-corrected chi connectivity index (χ4v) is 3.08. The van der Waals surface area contributed by atoms with E-state index in [1.807, 2.05) is 11.8 Å². The van der Waals surface area contributed by atoms with Gasteiger partial charge in [-0.05, 0) is 25.9 Å². The molecule has 1 aromatic rings. The first-order chi connectivity index (χ1) is 9.88. The largest absolute Gasteiger partial charge is 0.375 e. The SMILES string of the molecule is CCN(CC)CCN(CC(C)C)C(=O)c1sc(N)nc1C. The lowest BCUT2D eigenvalue weighted by molar-refractivity contribution is 0.0720. The third-order valence-electron chi connectivity index (χ3n) is 3.46. The molecule has 0 unspecified atom stereocenters. The highest BCUT2D eigenvalue weighted by Gasteiger charge is 2.22. The van der Waals surface area contributed by atoms with Crippen molar-refractivity contribution >= 4 is 22.4 Å². The van der Waals surface area contributed by atoms with Crippen molar-refractivity contribution < 1.29 is 4.79 Å². The third-order valence-corrected chi connectivity index (χ3v) is 4.44. The van der Waals surface area contributed by atoms with E-state index in [-0.39, 0.29) is 5.91 Å². The van der Waals surface area contributed by atoms with Crippen LogP contribution in [0.5, 0.6) is 0 Å². The molecule has 0 radical (unpaired) electrons.